The van der Waals surface area contributed by atoms with Crippen molar-refractivity contribution in [2.45, 2.75) is 58.0 Å². The van der Waals surface area contributed by atoms with Crippen molar-refractivity contribution in [1.29, 1.82) is 0 Å². The molecular weight excluding hydrogens is 230 g/mol. The second-order valence-corrected chi connectivity index (χ2v) is 5.47. The Labute approximate surface area is 109 Å². The van der Waals surface area contributed by atoms with E-state index in [-0.39, 0.29) is 11.8 Å². The van der Waals surface area contributed by atoms with Crippen LogP contribution in [0.15, 0.2) is 0 Å². The van der Waals surface area contributed by atoms with Gasteiger partial charge in [-0.1, -0.05) is 13.8 Å². The SMILES string of the molecule is CC(C)CC(N)C(=O)NCCCC(=O)NC1CC1. The standard InChI is InChI=1S/C13H25N3O2/c1-9(2)8-11(14)13(18)15-7-3-4-12(17)16-10-5-6-10/h9-11H,3-8,14H2,1-2H3,(H,15,18)(H,16,17). The number of hydrogen-bond acceptors (Lipinski definition) is 3. The summed E-state index contributed by atoms with van der Waals surface area (Å²) in [4.78, 5) is 22.9. The minimum Gasteiger partial charge on any atom is -0.355 e. The van der Waals surface area contributed by atoms with Gasteiger partial charge in [-0.2, -0.15) is 0 Å². The first-order valence-corrected chi connectivity index (χ1v) is 6.81. The molecule has 5 heteroatoms. The molecule has 0 aromatic carbocycles. The van der Waals surface area contributed by atoms with Gasteiger partial charge in [-0.3, -0.25) is 9.59 Å². The third-order valence-electron chi connectivity index (χ3n) is 2.88. The maximum atomic E-state index is 11.6. The van der Waals surface area contributed by atoms with E-state index >= 15 is 0 Å². The Balaban J connectivity index is 2.02. The Morgan fingerprint density at radius 2 is 2.00 bits per heavy atom. The molecule has 1 atom stereocenters. The van der Waals surface area contributed by atoms with Gasteiger partial charge in [0.25, 0.3) is 0 Å². The predicted molar refractivity (Wildman–Crippen MR) is 70.8 cm³/mol. The minimum atomic E-state index is -0.440. The van der Waals surface area contributed by atoms with Crippen molar-refractivity contribution in [3.63, 3.8) is 0 Å². The first kappa shape index (κ1) is 15.0. The second-order valence-electron chi connectivity index (χ2n) is 5.47. The normalized spacial score (nSPS) is 16.4. The number of hydrogen-bond donors (Lipinski definition) is 3. The maximum absolute atomic E-state index is 11.6. The summed E-state index contributed by atoms with van der Waals surface area (Å²) in [5.74, 6) is 0.375. The van der Waals surface area contributed by atoms with E-state index in [9.17, 15) is 9.59 Å². The summed E-state index contributed by atoms with van der Waals surface area (Å²) in [5, 5.41) is 5.68. The van der Waals surface area contributed by atoms with Gasteiger partial charge in [0.15, 0.2) is 0 Å². The van der Waals surface area contributed by atoms with Crippen LogP contribution < -0.4 is 16.4 Å². The van der Waals surface area contributed by atoms with E-state index in [1.165, 1.54) is 0 Å². The van der Waals surface area contributed by atoms with E-state index in [0.29, 0.717) is 37.8 Å². The van der Waals surface area contributed by atoms with E-state index < -0.39 is 6.04 Å². The Hall–Kier alpha value is -1.10. The van der Waals surface area contributed by atoms with E-state index in [0.717, 1.165) is 12.8 Å². The fourth-order valence-electron chi connectivity index (χ4n) is 1.73. The molecule has 5 nitrogen and oxygen atoms in total. The van der Waals surface area contributed by atoms with E-state index in [1.807, 2.05) is 13.8 Å². The summed E-state index contributed by atoms with van der Waals surface area (Å²) in [5.41, 5.74) is 5.74. The molecule has 4 N–H and O–H groups in total. The highest BCUT2D eigenvalue weighted by Crippen LogP contribution is 2.18. The van der Waals surface area contributed by atoms with E-state index in [4.69, 9.17) is 5.73 Å². The molecule has 1 unspecified atom stereocenters. The highest BCUT2D eigenvalue weighted by Gasteiger charge is 2.22. The zero-order valence-electron chi connectivity index (χ0n) is 11.4. The second kappa shape index (κ2) is 7.36. The fourth-order valence-corrected chi connectivity index (χ4v) is 1.73. The van der Waals surface area contributed by atoms with Crippen molar-refractivity contribution in [2.24, 2.45) is 11.7 Å². The largest absolute Gasteiger partial charge is 0.355 e. The van der Waals surface area contributed by atoms with Crippen LogP contribution in [0, 0.1) is 5.92 Å². The van der Waals surface area contributed by atoms with Crippen LogP contribution in [-0.4, -0.2) is 30.4 Å². The third-order valence-corrected chi connectivity index (χ3v) is 2.88. The lowest BCUT2D eigenvalue weighted by Crippen LogP contribution is -2.41. The van der Waals surface area contributed by atoms with Crippen LogP contribution in [0.3, 0.4) is 0 Å². The molecule has 104 valence electrons. The Kier molecular flexibility index (Phi) is 6.12. The Morgan fingerprint density at radius 3 is 2.56 bits per heavy atom. The zero-order valence-corrected chi connectivity index (χ0v) is 11.4. The monoisotopic (exact) mass is 255 g/mol. The van der Waals surface area contributed by atoms with Crippen molar-refractivity contribution in [2.75, 3.05) is 6.54 Å². The molecular formula is C13H25N3O2. The molecule has 18 heavy (non-hydrogen) atoms. The van der Waals surface area contributed by atoms with Crippen molar-refractivity contribution in [1.82, 2.24) is 10.6 Å². The highest BCUT2D eigenvalue weighted by atomic mass is 16.2. The summed E-state index contributed by atoms with van der Waals surface area (Å²) >= 11 is 0. The lowest BCUT2D eigenvalue weighted by Gasteiger charge is -2.13. The molecule has 0 saturated heterocycles. The van der Waals surface area contributed by atoms with Crippen molar-refractivity contribution in [3.05, 3.63) is 0 Å². The van der Waals surface area contributed by atoms with Crippen LogP contribution >= 0.6 is 0 Å². The smallest absolute Gasteiger partial charge is 0.236 e. The highest BCUT2D eigenvalue weighted by molar-refractivity contribution is 5.81. The summed E-state index contributed by atoms with van der Waals surface area (Å²) in [6.07, 6.45) is 4.03. The van der Waals surface area contributed by atoms with Crippen LogP contribution in [0.2, 0.25) is 0 Å². The molecule has 0 spiro atoms. The Bertz CT molecular complexity index is 288. The van der Waals surface area contributed by atoms with Gasteiger partial charge in [0.05, 0.1) is 6.04 Å². The first-order chi connectivity index (χ1) is 8.49. The third kappa shape index (κ3) is 6.59. The van der Waals surface area contributed by atoms with Gasteiger partial charge < -0.3 is 16.4 Å². The number of carbonyl (C=O) groups excluding carboxylic acids is 2. The zero-order chi connectivity index (χ0) is 13.5. The van der Waals surface area contributed by atoms with E-state index in [1.54, 1.807) is 0 Å². The molecule has 2 amide bonds. The topological polar surface area (TPSA) is 84.2 Å². The number of nitrogens with two attached hydrogens (primary N) is 1. The van der Waals surface area contributed by atoms with Crippen LogP contribution in [-0.2, 0) is 9.59 Å². The molecule has 0 radical (unpaired) electrons. The molecule has 1 fully saturated rings. The quantitative estimate of drug-likeness (QED) is 0.553. The summed E-state index contributed by atoms with van der Waals surface area (Å²) in [6, 6.07) is -0.0307. The number of carbonyl (C=O) groups is 2. The lowest BCUT2D eigenvalue weighted by atomic mass is 10.0. The Morgan fingerprint density at radius 1 is 1.33 bits per heavy atom. The summed E-state index contributed by atoms with van der Waals surface area (Å²) < 4.78 is 0. The summed E-state index contributed by atoms with van der Waals surface area (Å²) in [7, 11) is 0. The van der Waals surface area contributed by atoms with Crippen molar-refractivity contribution >= 4 is 11.8 Å². The van der Waals surface area contributed by atoms with Gasteiger partial charge in [0.1, 0.15) is 0 Å². The van der Waals surface area contributed by atoms with E-state index in [2.05, 4.69) is 10.6 Å². The lowest BCUT2D eigenvalue weighted by molar-refractivity contribution is -0.123. The predicted octanol–water partition coefficient (Wildman–Crippen LogP) is 0.535. The number of rotatable bonds is 8. The van der Waals surface area contributed by atoms with Crippen molar-refractivity contribution in [3.8, 4) is 0 Å². The van der Waals surface area contributed by atoms with Gasteiger partial charge in [-0.25, -0.2) is 0 Å². The maximum Gasteiger partial charge on any atom is 0.236 e. The molecule has 1 rings (SSSR count). The molecule has 0 heterocycles. The molecule has 0 aromatic heterocycles. The number of nitrogens with one attached hydrogen (secondary N) is 2. The first-order valence-electron chi connectivity index (χ1n) is 6.81. The molecule has 0 aliphatic heterocycles. The minimum absolute atomic E-state index is 0.0817. The van der Waals surface area contributed by atoms with Crippen LogP contribution in [0.1, 0.15) is 46.0 Å². The van der Waals surface area contributed by atoms with Crippen LogP contribution in [0.5, 0.6) is 0 Å². The van der Waals surface area contributed by atoms with Gasteiger partial charge in [-0.15, -0.1) is 0 Å². The molecule has 1 aliphatic rings. The van der Waals surface area contributed by atoms with Crippen LogP contribution in [0.25, 0.3) is 0 Å². The average Bonchev–Trinajstić information content (AvgIpc) is 3.06. The summed E-state index contributed by atoms with van der Waals surface area (Å²) in [6.45, 7) is 4.59. The van der Waals surface area contributed by atoms with Crippen LogP contribution in [0.4, 0.5) is 0 Å². The average molecular weight is 255 g/mol. The van der Waals surface area contributed by atoms with Gasteiger partial charge in [0, 0.05) is 19.0 Å². The number of amides is 2. The molecule has 0 bridgehead atoms. The molecule has 0 aromatic rings. The fraction of sp³-hybridized carbons (Fsp3) is 0.846. The molecule has 1 saturated carbocycles. The van der Waals surface area contributed by atoms with Gasteiger partial charge in [-0.05, 0) is 31.6 Å². The van der Waals surface area contributed by atoms with Gasteiger partial charge >= 0.3 is 0 Å². The van der Waals surface area contributed by atoms with Crippen molar-refractivity contribution < 1.29 is 9.59 Å². The van der Waals surface area contributed by atoms with Gasteiger partial charge in [0.2, 0.25) is 11.8 Å². The molecule has 1 aliphatic carbocycles.